The predicted octanol–water partition coefficient (Wildman–Crippen LogP) is 1.65. The van der Waals surface area contributed by atoms with Gasteiger partial charge in [0.1, 0.15) is 12.4 Å². The van der Waals surface area contributed by atoms with E-state index in [2.05, 4.69) is 35.0 Å². The standard InChI is InChI=1S/C17H27N3O/c1-19-7-9-20(10-8-19)11-12-21-15-6-5-14-3-2-4-17(18)16(14)13-15/h5-6,13,17H,2-4,7-12,18H2,1H3/t17-/m1/s1. The summed E-state index contributed by atoms with van der Waals surface area (Å²) in [6.45, 7) is 6.39. The summed E-state index contributed by atoms with van der Waals surface area (Å²) in [5.41, 5.74) is 8.90. The Bertz CT molecular complexity index is 469. The normalized spacial score (nSPS) is 23.8. The smallest absolute Gasteiger partial charge is 0.119 e. The lowest BCUT2D eigenvalue weighted by molar-refractivity contribution is 0.133. The van der Waals surface area contributed by atoms with Gasteiger partial charge in [0.25, 0.3) is 0 Å². The molecule has 0 unspecified atom stereocenters. The van der Waals surface area contributed by atoms with E-state index < -0.39 is 0 Å². The predicted molar refractivity (Wildman–Crippen MR) is 85.7 cm³/mol. The van der Waals surface area contributed by atoms with Crippen LogP contribution in [0.1, 0.15) is 30.0 Å². The molecule has 0 aromatic heterocycles. The molecule has 1 heterocycles. The summed E-state index contributed by atoms with van der Waals surface area (Å²) in [7, 11) is 2.18. The van der Waals surface area contributed by atoms with Crippen molar-refractivity contribution in [2.45, 2.75) is 25.3 Å². The number of ether oxygens (including phenoxy) is 1. The topological polar surface area (TPSA) is 41.7 Å². The maximum absolute atomic E-state index is 6.21. The molecule has 1 aliphatic heterocycles. The number of nitrogens with two attached hydrogens (primary N) is 1. The van der Waals surface area contributed by atoms with Crippen LogP contribution in [-0.2, 0) is 6.42 Å². The van der Waals surface area contributed by atoms with Gasteiger partial charge in [-0.3, -0.25) is 4.90 Å². The number of benzene rings is 1. The molecule has 1 fully saturated rings. The van der Waals surface area contributed by atoms with E-state index in [1.807, 2.05) is 0 Å². The third kappa shape index (κ3) is 3.76. The maximum Gasteiger partial charge on any atom is 0.119 e. The number of piperazine rings is 1. The third-order valence-corrected chi connectivity index (χ3v) is 4.75. The fourth-order valence-corrected chi connectivity index (χ4v) is 3.27. The quantitative estimate of drug-likeness (QED) is 0.915. The molecule has 2 aliphatic rings. The first-order chi connectivity index (χ1) is 10.2. The first-order valence-electron chi connectivity index (χ1n) is 8.14. The molecule has 4 nitrogen and oxygen atoms in total. The van der Waals surface area contributed by atoms with Crippen LogP contribution in [0.2, 0.25) is 0 Å². The number of aryl methyl sites for hydroxylation is 1. The summed E-state index contributed by atoms with van der Waals surface area (Å²) < 4.78 is 5.94. The number of likely N-dealkylation sites (N-methyl/N-ethyl adjacent to an activating group) is 1. The fourth-order valence-electron chi connectivity index (χ4n) is 3.27. The van der Waals surface area contributed by atoms with Crippen LogP contribution in [0.15, 0.2) is 18.2 Å². The van der Waals surface area contributed by atoms with Crippen LogP contribution in [0.3, 0.4) is 0 Å². The molecule has 3 rings (SSSR count). The molecule has 0 saturated carbocycles. The van der Waals surface area contributed by atoms with Crippen LogP contribution in [0, 0.1) is 0 Å². The zero-order valence-corrected chi connectivity index (χ0v) is 13.1. The van der Waals surface area contributed by atoms with Crippen molar-refractivity contribution in [3.05, 3.63) is 29.3 Å². The van der Waals surface area contributed by atoms with Crippen molar-refractivity contribution in [2.75, 3.05) is 46.4 Å². The SMILES string of the molecule is CN1CCN(CCOc2ccc3c(c2)[C@H](N)CCC3)CC1. The summed E-state index contributed by atoms with van der Waals surface area (Å²) >= 11 is 0. The van der Waals surface area contributed by atoms with E-state index in [0.29, 0.717) is 0 Å². The van der Waals surface area contributed by atoms with Crippen LogP contribution >= 0.6 is 0 Å². The van der Waals surface area contributed by atoms with Gasteiger partial charge in [-0.15, -0.1) is 0 Å². The molecule has 0 amide bonds. The van der Waals surface area contributed by atoms with Crippen molar-refractivity contribution in [3.8, 4) is 5.75 Å². The minimum absolute atomic E-state index is 0.190. The van der Waals surface area contributed by atoms with Gasteiger partial charge in [-0.25, -0.2) is 0 Å². The molecule has 1 saturated heterocycles. The largest absolute Gasteiger partial charge is 0.492 e. The Morgan fingerprint density at radius 2 is 2.05 bits per heavy atom. The van der Waals surface area contributed by atoms with E-state index in [9.17, 15) is 0 Å². The Hall–Kier alpha value is -1.10. The van der Waals surface area contributed by atoms with Gasteiger partial charge in [0, 0.05) is 38.8 Å². The number of hydrogen-bond acceptors (Lipinski definition) is 4. The van der Waals surface area contributed by atoms with Crippen molar-refractivity contribution in [1.82, 2.24) is 9.80 Å². The highest BCUT2D eigenvalue weighted by molar-refractivity contribution is 5.39. The Kier molecular flexibility index (Phi) is 4.78. The van der Waals surface area contributed by atoms with Gasteiger partial charge in [-0.05, 0) is 49.6 Å². The highest BCUT2D eigenvalue weighted by atomic mass is 16.5. The number of nitrogens with zero attached hydrogens (tertiary/aromatic N) is 2. The molecule has 1 aliphatic carbocycles. The first kappa shape index (κ1) is 14.8. The van der Waals surface area contributed by atoms with Crippen LogP contribution in [0.25, 0.3) is 0 Å². The van der Waals surface area contributed by atoms with Gasteiger partial charge in [0.2, 0.25) is 0 Å². The van der Waals surface area contributed by atoms with Crippen LogP contribution in [0.5, 0.6) is 5.75 Å². The molecule has 0 radical (unpaired) electrons. The number of hydrogen-bond donors (Lipinski definition) is 1. The molecule has 1 atom stereocenters. The van der Waals surface area contributed by atoms with Crippen LogP contribution in [0.4, 0.5) is 0 Å². The molecule has 4 heteroatoms. The fraction of sp³-hybridized carbons (Fsp3) is 0.647. The highest BCUT2D eigenvalue weighted by Crippen LogP contribution is 2.30. The highest BCUT2D eigenvalue weighted by Gasteiger charge is 2.17. The summed E-state index contributed by atoms with van der Waals surface area (Å²) in [6, 6.07) is 6.64. The summed E-state index contributed by atoms with van der Waals surface area (Å²) in [6.07, 6.45) is 3.46. The Morgan fingerprint density at radius 1 is 1.24 bits per heavy atom. The van der Waals surface area contributed by atoms with Crippen molar-refractivity contribution < 1.29 is 4.74 Å². The lowest BCUT2D eigenvalue weighted by atomic mass is 9.88. The Balaban J connectivity index is 1.50. The van der Waals surface area contributed by atoms with E-state index in [0.717, 1.165) is 57.9 Å². The van der Waals surface area contributed by atoms with Crippen LogP contribution in [-0.4, -0.2) is 56.2 Å². The molecule has 21 heavy (non-hydrogen) atoms. The minimum Gasteiger partial charge on any atom is -0.492 e. The third-order valence-electron chi connectivity index (χ3n) is 4.75. The summed E-state index contributed by atoms with van der Waals surface area (Å²) in [4.78, 5) is 4.85. The van der Waals surface area contributed by atoms with Crippen molar-refractivity contribution in [2.24, 2.45) is 5.73 Å². The van der Waals surface area contributed by atoms with E-state index in [-0.39, 0.29) is 6.04 Å². The molecule has 116 valence electrons. The Morgan fingerprint density at radius 3 is 2.86 bits per heavy atom. The number of fused-ring (bicyclic) bond motifs is 1. The van der Waals surface area contributed by atoms with E-state index in [1.165, 1.54) is 17.5 Å². The average Bonchev–Trinajstić information content (AvgIpc) is 2.50. The average molecular weight is 289 g/mol. The van der Waals surface area contributed by atoms with E-state index >= 15 is 0 Å². The number of rotatable bonds is 4. The monoisotopic (exact) mass is 289 g/mol. The molecule has 2 N–H and O–H groups in total. The second kappa shape index (κ2) is 6.77. The van der Waals surface area contributed by atoms with Gasteiger partial charge in [-0.2, -0.15) is 0 Å². The van der Waals surface area contributed by atoms with E-state index in [4.69, 9.17) is 10.5 Å². The molecular formula is C17H27N3O. The zero-order valence-electron chi connectivity index (χ0n) is 13.1. The van der Waals surface area contributed by atoms with Crippen molar-refractivity contribution >= 4 is 0 Å². The van der Waals surface area contributed by atoms with Gasteiger partial charge in [0.05, 0.1) is 0 Å². The molecule has 1 aromatic carbocycles. The second-order valence-corrected chi connectivity index (χ2v) is 6.35. The van der Waals surface area contributed by atoms with Gasteiger partial charge in [-0.1, -0.05) is 6.07 Å². The van der Waals surface area contributed by atoms with Gasteiger partial charge in [0.15, 0.2) is 0 Å². The van der Waals surface area contributed by atoms with Crippen LogP contribution < -0.4 is 10.5 Å². The molecule has 0 spiro atoms. The Labute approximate surface area is 127 Å². The summed E-state index contributed by atoms with van der Waals surface area (Å²) in [5, 5.41) is 0. The van der Waals surface area contributed by atoms with Gasteiger partial charge >= 0.3 is 0 Å². The molecule has 1 aromatic rings. The van der Waals surface area contributed by atoms with Crippen molar-refractivity contribution in [1.29, 1.82) is 0 Å². The first-order valence-corrected chi connectivity index (χ1v) is 8.14. The lowest BCUT2D eigenvalue weighted by Gasteiger charge is -2.32. The lowest BCUT2D eigenvalue weighted by Crippen LogP contribution is -2.45. The maximum atomic E-state index is 6.21. The zero-order chi connectivity index (χ0) is 14.7. The van der Waals surface area contributed by atoms with Crippen molar-refractivity contribution in [3.63, 3.8) is 0 Å². The summed E-state index contributed by atoms with van der Waals surface area (Å²) in [5.74, 6) is 0.972. The minimum atomic E-state index is 0.190. The molecular weight excluding hydrogens is 262 g/mol. The second-order valence-electron chi connectivity index (χ2n) is 6.35. The van der Waals surface area contributed by atoms with Gasteiger partial charge < -0.3 is 15.4 Å². The molecule has 0 bridgehead atoms. The van der Waals surface area contributed by atoms with E-state index in [1.54, 1.807) is 0 Å².